The van der Waals surface area contributed by atoms with Gasteiger partial charge in [-0.05, 0) is 16.0 Å². The highest BCUT2D eigenvalue weighted by Gasteiger charge is 2.26. The Morgan fingerprint density at radius 1 is 1.67 bits per heavy atom. The Bertz CT molecular complexity index is 400. The summed E-state index contributed by atoms with van der Waals surface area (Å²) in [5.41, 5.74) is -1.06. The molecular weight excluding hydrogens is 234 g/mol. The minimum atomic E-state index is -3.04. The van der Waals surface area contributed by atoms with E-state index in [1.165, 1.54) is 0 Å². The van der Waals surface area contributed by atoms with Crippen molar-refractivity contribution >= 4 is 17.4 Å². The lowest BCUT2D eigenvalue weighted by atomic mass is 10.2. The fourth-order valence-electron chi connectivity index (χ4n) is 0.948. The lowest BCUT2D eigenvalue weighted by molar-refractivity contribution is -0.391. The molecule has 0 fully saturated rings. The molecule has 0 aliphatic rings. The maximum absolute atomic E-state index is 12.3. The van der Waals surface area contributed by atoms with Gasteiger partial charge in [0.25, 0.3) is 6.43 Å². The van der Waals surface area contributed by atoms with Crippen molar-refractivity contribution in [3.8, 4) is 0 Å². The summed E-state index contributed by atoms with van der Waals surface area (Å²) >= 11 is 5.47. The maximum atomic E-state index is 12.3. The maximum Gasteiger partial charge on any atom is 0.372 e. The largest absolute Gasteiger partial charge is 0.388 e. The fraction of sp³-hybridized carbons (Fsp3) is 0.286. The van der Waals surface area contributed by atoms with E-state index >= 15 is 0 Å². The monoisotopic (exact) mass is 238 g/mol. The van der Waals surface area contributed by atoms with Crippen molar-refractivity contribution in [1.82, 2.24) is 4.98 Å². The third-order valence-electron chi connectivity index (χ3n) is 1.61. The summed E-state index contributed by atoms with van der Waals surface area (Å²) in [6, 6.07) is 0.739. The Morgan fingerprint density at radius 3 is 2.67 bits per heavy atom. The molecule has 8 heteroatoms. The van der Waals surface area contributed by atoms with Gasteiger partial charge in [0.1, 0.15) is 12.2 Å². The van der Waals surface area contributed by atoms with Gasteiger partial charge >= 0.3 is 5.82 Å². The second-order valence-corrected chi connectivity index (χ2v) is 2.95. The molecule has 0 saturated heterocycles. The van der Waals surface area contributed by atoms with E-state index < -0.39 is 29.3 Å². The zero-order chi connectivity index (χ0) is 11.6. The van der Waals surface area contributed by atoms with Crippen molar-refractivity contribution < 1.29 is 18.8 Å². The minimum Gasteiger partial charge on any atom is -0.388 e. The standard InChI is InChI=1S/C7H5ClF2N2O3/c8-4-1-3(6(9)10)7(12(14)15)11-5(4)2-13/h1,6,13H,2H2. The lowest BCUT2D eigenvalue weighted by Crippen LogP contribution is -2.03. The van der Waals surface area contributed by atoms with Crippen molar-refractivity contribution in [2.24, 2.45) is 0 Å². The third-order valence-corrected chi connectivity index (χ3v) is 1.94. The summed E-state index contributed by atoms with van der Waals surface area (Å²) in [5, 5.41) is 18.9. The van der Waals surface area contributed by atoms with E-state index in [1.807, 2.05) is 0 Å². The van der Waals surface area contributed by atoms with Gasteiger partial charge in [0.15, 0.2) is 5.69 Å². The average molecular weight is 239 g/mol. The van der Waals surface area contributed by atoms with Gasteiger partial charge in [0.05, 0.1) is 5.02 Å². The molecule has 0 aliphatic heterocycles. The summed E-state index contributed by atoms with van der Waals surface area (Å²) in [5.74, 6) is -0.988. The number of pyridine rings is 1. The van der Waals surface area contributed by atoms with E-state index in [0.717, 1.165) is 6.07 Å². The topological polar surface area (TPSA) is 76.3 Å². The predicted molar refractivity (Wildman–Crippen MR) is 46.8 cm³/mol. The van der Waals surface area contributed by atoms with Crippen LogP contribution in [0.5, 0.6) is 0 Å². The first kappa shape index (κ1) is 11.7. The number of hydrogen-bond donors (Lipinski definition) is 1. The molecule has 0 atom stereocenters. The first-order valence-corrected chi connectivity index (χ1v) is 4.08. The molecule has 0 amide bonds. The molecule has 0 radical (unpaired) electrons. The molecule has 5 nitrogen and oxygen atoms in total. The zero-order valence-corrected chi connectivity index (χ0v) is 7.91. The molecule has 0 bridgehead atoms. The first-order chi connectivity index (χ1) is 6.97. The van der Waals surface area contributed by atoms with E-state index in [9.17, 15) is 18.9 Å². The Labute approximate surface area is 87.5 Å². The molecule has 15 heavy (non-hydrogen) atoms. The van der Waals surface area contributed by atoms with Crippen molar-refractivity contribution in [2.75, 3.05) is 0 Å². The van der Waals surface area contributed by atoms with E-state index in [2.05, 4.69) is 4.98 Å². The van der Waals surface area contributed by atoms with Crippen LogP contribution in [0.25, 0.3) is 0 Å². The highest BCUT2D eigenvalue weighted by Crippen LogP contribution is 2.30. The van der Waals surface area contributed by atoms with Crippen LogP contribution in [0.15, 0.2) is 6.07 Å². The number of hydrogen-bond acceptors (Lipinski definition) is 4. The molecule has 0 spiro atoms. The van der Waals surface area contributed by atoms with Crippen LogP contribution in [0.2, 0.25) is 5.02 Å². The Kier molecular flexibility index (Phi) is 3.48. The molecule has 0 saturated carbocycles. The van der Waals surface area contributed by atoms with Crippen LogP contribution in [0, 0.1) is 10.1 Å². The fourth-order valence-corrected chi connectivity index (χ4v) is 1.17. The second kappa shape index (κ2) is 4.45. The van der Waals surface area contributed by atoms with Gasteiger partial charge in [-0.3, -0.25) is 0 Å². The molecule has 1 heterocycles. The minimum absolute atomic E-state index is 0.201. The van der Waals surface area contributed by atoms with E-state index in [0.29, 0.717) is 0 Å². The number of aliphatic hydroxyl groups is 1. The number of nitro groups is 1. The van der Waals surface area contributed by atoms with E-state index in [4.69, 9.17) is 16.7 Å². The van der Waals surface area contributed by atoms with Gasteiger partial charge in [-0.2, -0.15) is 0 Å². The smallest absolute Gasteiger partial charge is 0.372 e. The molecule has 0 aromatic carbocycles. The van der Waals surface area contributed by atoms with E-state index in [-0.39, 0.29) is 10.7 Å². The van der Waals surface area contributed by atoms with Gasteiger partial charge in [0.2, 0.25) is 0 Å². The summed E-state index contributed by atoms with van der Waals surface area (Å²) in [6.07, 6.45) is -3.04. The molecular formula is C7H5ClF2N2O3. The van der Waals surface area contributed by atoms with Gasteiger partial charge in [-0.1, -0.05) is 11.6 Å². The number of aromatic nitrogens is 1. The second-order valence-electron chi connectivity index (χ2n) is 2.55. The summed E-state index contributed by atoms with van der Waals surface area (Å²) < 4.78 is 24.7. The highest BCUT2D eigenvalue weighted by molar-refractivity contribution is 6.31. The summed E-state index contributed by atoms with van der Waals surface area (Å²) in [7, 11) is 0. The van der Waals surface area contributed by atoms with Crippen LogP contribution in [-0.4, -0.2) is 15.0 Å². The molecule has 82 valence electrons. The molecule has 0 aliphatic carbocycles. The van der Waals surface area contributed by atoms with Crippen molar-refractivity contribution in [3.05, 3.63) is 32.5 Å². The Hall–Kier alpha value is -1.34. The predicted octanol–water partition coefficient (Wildman–Crippen LogP) is 2.07. The first-order valence-electron chi connectivity index (χ1n) is 3.70. The van der Waals surface area contributed by atoms with Crippen LogP contribution >= 0.6 is 11.6 Å². The number of alkyl halides is 2. The van der Waals surface area contributed by atoms with Gasteiger partial charge in [0, 0.05) is 0 Å². The third kappa shape index (κ3) is 2.37. The lowest BCUT2D eigenvalue weighted by Gasteiger charge is -2.03. The molecule has 1 rings (SSSR count). The number of rotatable bonds is 3. The molecule has 1 aromatic rings. The van der Waals surface area contributed by atoms with Crippen LogP contribution in [0.1, 0.15) is 17.7 Å². The van der Waals surface area contributed by atoms with Crippen LogP contribution in [0.4, 0.5) is 14.6 Å². The quantitative estimate of drug-likeness (QED) is 0.646. The van der Waals surface area contributed by atoms with E-state index in [1.54, 1.807) is 0 Å². The molecule has 1 N–H and O–H groups in total. The highest BCUT2D eigenvalue weighted by atomic mass is 35.5. The summed E-state index contributed by atoms with van der Waals surface area (Å²) in [4.78, 5) is 12.6. The molecule has 1 aromatic heterocycles. The molecule has 0 unspecified atom stereocenters. The normalized spacial score (nSPS) is 10.7. The van der Waals surface area contributed by atoms with Crippen molar-refractivity contribution in [1.29, 1.82) is 0 Å². The number of nitrogens with zero attached hydrogens (tertiary/aromatic N) is 2. The number of halogens is 3. The van der Waals surface area contributed by atoms with Gasteiger partial charge < -0.3 is 15.2 Å². The van der Waals surface area contributed by atoms with Crippen molar-refractivity contribution in [3.63, 3.8) is 0 Å². The Morgan fingerprint density at radius 2 is 2.27 bits per heavy atom. The summed E-state index contributed by atoms with van der Waals surface area (Å²) in [6.45, 7) is -0.650. The number of aliphatic hydroxyl groups excluding tert-OH is 1. The van der Waals surface area contributed by atoms with Gasteiger partial charge in [-0.25, -0.2) is 8.78 Å². The van der Waals surface area contributed by atoms with Crippen molar-refractivity contribution in [2.45, 2.75) is 13.0 Å². The van der Waals surface area contributed by atoms with Crippen LogP contribution in [-0.2, 0) is 6.61 Å². The zero-order valence-electron chi connectivity index (χ0n) is 7.15. The Balaban J connectivity index is 3.39. The van der Waals surface area contributed by atoms with Crippen LogP contribution in [0.3, 0.4) is 0 Å². The van der Waals surface area contributed by atoms with Crippen LogP contribution < -0.4 is 0 Å². The van der Waals surface area contributed by atoms with Gasteiger partial charge in [-0.15, -0.1) is 0 Å². The SMILES string of the molecule is O=[N+]([O-])c1nc(CO)c(Cl)cc1C(F)F. The average Bonchev–Trinajstić information content (AvgIpc) is 2.16.